The van der Waals surface area contributed by atoms with Gasteiger partial charge in [-0.1, -0.05) is 31.2 Å². The number of carbonyl (C=O) groups excluding carboxylic acids is 1. The molecule has 228 valence electrons. The topological polar surface area (TPSA) is 89.6 Å². The van der Waals surface area contributed by atoms with E-state index in [2.05, 4.69) is 0 Å². The first-order chi connectivity index (χ1) is 21.4. The van der Waals surface area contributed by atoms with Crippen molar-refractivity contribution in [2.75, 3.05) is 17.6 Å². The lowest BCUT2D eigenvalue weighted by molar-refractivity contribution is 0.0989. The van der Waals surface area contributed by atoms with E-state index < -0.39 is 15.8 Å². The van der Waals surface area contributed by atoms with Crippen molar-refractivity contribution < 1.29 is 26.4 Å². The molecule has 6 aromatic rings. The summed E-state index contributed by atoms with van der Waals surface area (Å²) in [5, 5.41) is 1.54. The molecule has 0 saturated carbocycles. The van der Waals surface area contributed by atoms with Gasteiger partial charge in [0.05, 0.1) is 24.1 Å². The Balaban J connectivity index is 1.58. The minimum atomic E-state index is -3.74. The molecule has 0 aliphatic carbocycles. The van der Waals surface area contributed by atoms with Gasteiger partial charge in [-0.25, -0.2) is 17.2 Å². The standard InChI is InChI=1S/C35H28F2N2O5S/c1-4-31(40)33-29-18-27(30(38(2)45(3,42)43)19-32(29)44-34(33)23-9-13-26(37)14-10-23)24-8-7-22-15-16-39(35(41)28(22)17-24)20-21-5-11-25(36)12-6-21/h5-19H,4,20H2,1-3H3. The van der Waals surface area contributed by atoms with Crippen molar-refractivity contribution in [1.82, 2.24) is 4.57 Å². The third-order valence-corrected chi connectivity index (χ3v) is 9.10. The van der Waals surface area contributed by atoms with E-state index >= 15 is 0 Å². The molecule has 45 heavy (non-hydrogen) atoms. The predicted octanol–water partition coefficient (Wildman–Crippen LogP) is 7.40. The average molecular weight is 627 g/mol. The Morgan fingerprint density at radius 1 is 0.867 bits per heavy atom. The van der Waals surface area contributed by atoms with Gasteiger partial charge in [-0.2, -0.15) is 0 Å². The van der Waals surface area contributed by atoms with Crippen LogP contribution in [0.1, 0.15) is 29.3 Å². The van der Waals surface area contributed by atoms with Crippen LogP contribution in [0.2, 0.25) is 0 Å². The van der Waals surface area contributed by atoms with Crippen LogP contribution in [-0.2, 0) is 16.6 Å². The zero-order valence-electron chi connectivity index (χ0n) is 24.7. The van der Waals surface area contributed by atoms with Crippen molar-refractivity contribution in [2.24, 2.45) is 0 Å². The molecule has 2 heterocycles. The summed E-state index contributed by atoms with van der Waals surface area (Å²) in [6.45, 7) is 1.96. The fraction of sp³-hybridized carbons (Fsp3) is 0.143. The summed E-state index contributed by atoms with van der Waals surface area (Å²) in [6, 6.07) is 21.8. The molecule has 0 N–H and O–H groups in total. The minimum Gasteiger partial charge on any atom is -0.455 e. The number of hydrogen-bond acceptors (Lipinski definition) is 5. The number of fused-ring (bicyclic) bond motifs is 2. The highest BCUT2D eigenvalue weighted by Gasteiger charge is 2.26. The largest absolute Gasteiger partial charge is 0.455 e. The zero-order chi connectivity index (χ0) is 32.0. The van der Waals surface area contributed by atoms with Crippen LogP contribution in [0.3, 0.4) is 0 Å². The molecule has 6 rings (SSSR count). The Kier molecular flexibility index (Phi) is 7.62. The monoisotopic (exact) mass is 626 g/mol. The molecule has 2 aromatic heterocycles. The van der Waals surface area contributed by atoms with Crippen molar-refractivity contribution in [3.8, 4) is 22.5 Å². The van der Waals surface area contributed by atoms with Crippen molar-refractivity contribution in [2.45, 2.75) is 19.9 Å². The molecular weight excluding hydrogens is 598 g/mol. The number of ketones is 1. The Bertz CT molecular complexity index is 2270. The number of rotatable bonds is 8. The summed E-state index contributed by atoms with van der Waals surface area (Å²) < 4.78 is 61.5. The van der Waals surface area contributed by atoms with Crippen LogP contribution in [0, 0.1) is 11.6 Å². The van der Waals surface area contributed by atoms with Crippen LogP contribution < -0.4 is 9.86 Å². The molecule has 0 bridgehead atoms. The maximum Gasteiger partial charge on any atom is 0.258 e. The van der Waals surface area contributed by atoms with E-state index in [1.54, 1.807) is 61.7 Å². The summed E-state index contributed by atoms with van der Waals surface area (Å²) in [5.41, 5.74) is 2.84. The summed E-state index contributed by atoms with van der Waals surface area (Å²) in [4.78, 5) is 26.9. The van der Waals surface area contributed by atoms with E-state index in [4.69, 9.17) is 4.42 Å². The Morgan fingerprint density at radius 3 is 2.16 bits per heavy atom. The Labute approximate surface area is 258 Å². The first kappa shape index (κ1) is 30.0. The van der Waals surface area contributed by atoms with Gasteiger partial charge < -0.3 is 8.98 Å². The molecule has 0 amide bonds. The summed E-state index contributed by atoms with van der Waals surface area (Å²) in [7, 11) is -2.33. The lowest BCUT2D eigenvalue weighted by Crippen LogP contribution is -2.25. The van der Waals surface area contributed by atoms with Gasteiger partial charge in [0, 0.05) is 47.6 Å². The molecule has 0 spiro atoms. The van der Waals surface area contributed by atoms with Gasteiger partial charge in [0.15, 0.2) is 5.78 Å². The number of benzene rings is 4. The minimum absolute atomic E-state index is 0.173. The first-order valence-corrected chi connectivity index (χ1v) is 16.0. The van der Waals surface area contributed by atoms with Gasteiger partial charge in [-0.15, -0.1) is 0 Å². The van der Waals surface area contributed by atoms with Crippen molar-refractivity contribution in [3.05, 3.63) is 124 Å². The number of halogens is 2. The number of Topliss-reactive ketones (excluding diaryl/α,β-unsaturated/α-hetero) is 1. The molecule has 4 aromatic carbocycles. The second kappa shape index (κ2) is 11.4. The Hall–Kier alpha value is -5.09. The third-order valence-electron chi connectivity index (χ3n) is 7.91. The maximum absolute atomic E-state index is 13.7. The number of pyridine rings is 1. The van der Waals surface area contributed by atoms with E-state index in [1.807, 2.05) is 0 Å². The predicted molar refractivity (Wildman–Crippen MR) is 172 cm³/mol. The highest BCUT2D eigenvalue weighted by atomic mass is 32.2. The smallest absolute Gasteiger partial charge is 0.258 e. The van der Waals surface area contributed by atoms with Gasteiger partial charge >= 0.3 is 0 Å². The summed E-state index contributed by atoms with van der Waals surface area (Å²) in [6.07, 6.45) is 2.92. The van der Waals surface area contributed by atoms with Crippen LogP contribution in [0.5, 0.6) is 0 Å². The lowest BCUT2D eigenvalue weighted by Gasteiger charge is -2.21. The second-order valence-electron chi connectivity index (χ2n) is 10.9. The molecule has 0 aliphatic rings. The molecule has 0 radical (unpaired) electrons. The molecular formula is C35H28F2N2O5S. The number of furan rings is 1. The zero-order valence-corrected chi connectivity index (χ0v) is 25.5. The summed E-state index contributed by atoms with van der Waals surface area (Å²) >= 11 is 0. The maximum atomic E-state index is 13.7. The van der Waals surface area contributed by atoms with E-state index in [0.717, 1.165) is 16.1 Å². The molecule has 0 unspecified atom stereocenters. The SMILES string of the molecule is CCC(=O)c1c(-c2ccc(F)cc2)oc2cc(N(C)S(C)(=O)=O)c(-c3ccc4ccn(Cc5ccc(F)cc5)c(=O)c4c3)cc12. The van der Waals surface area contributed by atoms with Crippen LogP contribution in [0.25, 0.3) is 44.2 Å². The van der Waals surface area contributed by atoms with E-state index in [-0.39, 0.29) is 47.2 Å². The molecule has 0 atom stereocenters. The normalized spacial score (nSPS) is 11.8. The fourth-order valence-corrected chi connectivity index (χ4v) is 5.93. The molecule has 0 saturated heterocycles. The number of sulfonamides is 1. The van der Waals surface area contributed by atoms with Gasteiger partial charge in [0.1, 0.15) is 23.0 Å². The summed E-state index contributed by atoms with van der Waals surface area (Å²) in [5.74, 6) is -0.757. The van der Waals surface area contributed by atoms with Crippen molar-refractivity contribution >= 4 is 43.2 Å². The number of aromatic nitrogens is 1. The average Bonchev–Trinajstić information content (AvgIpc) is 3.40. The Morgan fingerprint density at radius 2 is 1.51 bits per heavy atom. The first-order valence-electron chi connectivity index (χ1n) is 14.2. The molecule has 0 aliphatic heterocycles. The number of carbonyl (C=O) groups is 1. The van der Waals surface area contributed by atoms with Crippen LogP contribution in [0.15, 0.2) is 100 Å². The second-order valence-corrected chi connectivity index (χ2v) is 12.9. The molecule has 10 heteroatoms. The van der Waals surface area contributed by atoms with Crippen molar-refractivity contribution in [3.63, 3.8) is 0 Å². The van der Waals surface area contributed by atoms with E-state index in [0.29, 0.717) is 38.4 Å². The van der Waals surface area contributed by atoms with Crippen LogP contribution in [0.4, 0.5) is 14.5 Å². The van der Waals surface area contributed by atoms with Gasteiger partial charge in [-0.05, 0) is 71.1 Å². The highest BCUT2D eigenvalue weighted by Crippen LogP contribution is 2.42. The number of hydrogen-bond donors (Lipinski definition) is 0. The highest BCUT2D eigenvalue weighted by molar-refractivity contribution is 7.92. The molecule has 7 nitrogen and oxygen atoms in total. The fourth-order valence-electron chi connectivity index (χ4n) is 5.42. The van der Waals surface area contributed by atoms with Crippen LogP contribution >= 0.6 is 0 Å². The van der Waals surface area contributed by atoms with E-state index in [1.165, 1.54) is 48.0 Å². The van der Waals surface area contributed by atoms with Crippen LogP contribution in [-0.4, -0.2) is 32.1 Å². The van der Waals surface area contributed by atoms with Gasteiger partial charge in [0.25, 0.3) is 5.56 Å². The third kappa shape index (κ3) is 5.64. The number of nitrogens with zero attached hydrogens (tertiary/aromatic N) is 2. The lowest BCUT2D eigenvalue weighted by atomic mass is 9.95. The van der Waals surface area contributed by atoms with E-state index in [9.17, 15) is 26.8 Å². The van der Waals surface area contributed by atoms with Gasteiger partial charge in [-0.3, -0.25) is 13.9 Å². The number of anilines is 1. The van der Waals surface area contributed by atoms with Crippen molar-refractivity contribution in [1.29, 1.82) is 0 Å². The molecule has 0 fully saturated rings. The van der Waals surface area contributed by atoms with Gasteiger partial charge in [0.2, 0.25) is 10.0 Å². The quantitative estimate of drug-likeness (QED) is 0.164.